The second-order valence-electron chi connectivity index (χ2n) is 4.37. The fourth-order valence-corrected chi connectivity index (χ4v) is 2.11. The molecule has 2 rings (SSSR count). The Morgan fingerprint density at radius 1 is 1.53 bits per heavy atom. The van der Waals surface area contributed by atoms with Crippen molar-refractivity contribution in [3.63, 3.8) is 0 Å². The molecule has 1 heterocycles. The van der Waals surface area contributed by atoms with Crippen LogP contribution in [0, 0.1) is 6.92 Å². The largest absolute Gasteiger partial charge is 0.507 e. The van der Waals surface area contributed by atoms with Crippen molar-refractivity contribution in [2.75, 3.05) is 20.2 Å². The van der Waals surface area contributed by atoms with Crippen molar-refractivity contribution < 1.29 is 14.6 Å². The summed E-state index contributed by atoms with van der Waals surface area (Å²) in [6, 6.07) is 5.23. The first-order valence-corrected chi connectivity index (χ1v) is 5.74. The van der Waals surface area contributed by atoms with E-state index < -0.39 is 0 Å². The molecule has 0 saturated carbocycles. The van der Waals surface area contributed by atoms with E-state index in [4.69, 9.17) is 4.74 Å². The second kappa shape index (κ2) is 4.75. The Hall–Kier alpha value is -1.55. The van der Waals surface area contributed by atoms with Crippen molar-refractivity contribution >= 4 is 5.91 Å². The molecule has 4 nitrogen and oxygen atoms in total. The van der Waals surface area contributed by atoms with E-state index in [1.807, 2.05) is 0 Å². The average Bonchev–Trinajstić information content (AvgIpc) is 2.80. The number of ether oxygens (including phenoxy) is 1. The number of carbonyl (C=O) groups excluding carboxylic acids is 1. The molecule has 1 saturated heterocycles. The Bertz CT molecular complexity index is 431. The molecule has 1 aromatic carbocycles. The van der Waals surface area contributed by atoms with E-state index in [0.717, 1.165) is 12.0 Å². The minimum atomic E-state index is -0.120. The zero-order valence-corrected chi connectivity index (χ0v) is 10.1. The molecule has 1 unspecified atom stereocenters. The van der Waals surface area contributed by atoms with E-state index in [0.29, 0.717) is 18.7 Å². The van der Waals surface area contributed by atoms with Crippen molar-refractivity contribution in [3.8, 4) is 5.75 Å². The summed E-state index contributed by atoms with van der Waals surface area (Å²) in [5.41, 5.74) is 1.10. The van der Waals surface area contributed by atoms with Crippen LogP contribution in [0.5, 0.6) is 5.75 Å². The van der Waals surface area contributed by atoms with Crippen molar-refractivity contribution in [1.82, 2.24) is 4.90 Å². The molecule has 1 atom stereocenters. The number of para-hydroxylation sites is 1. The molecule has 17 heavy (non-hydrogen) atoms. The maximum absolute atomic E-state index is 12.2. The number of benzene rings is 1. The average molecular weight is 235 g/mol. The van der Waals surface area contributed by atoms with Crippen LogP contribution in [0.4, 0.5) is 0 Å². The van der Waals surface area contributed by atoms with E-state index in [-0.39, 0.29) is 17.8 Å². The maximum atomic E-state index is 12.2. The predicted octanol–water partition coefficient (Wildman–Crippen LogP) is 1.56. The number of aromatic hydroxyl groups is 1. The maximum Gasteiger partial charge on any atom is 0.257 e. The van der Waals surface area contributed by atoms with Crippen LogP contribution in [0.3, 0.4) is 0 Å². The van der Waals surface area contributed by atoms with Gasteiger partial charge in [0.2, 0.25) is 0 Å². The normalized spacial score (nSPS) is 19.6. The Labute approximate surface area is 101 Å². The summed E-state index contributed by atoms with van der Waals surface area (Å²) in [5, 5.41) is 9.87. The van der Waals surface area contributed by atoms with Crippen LogP contribution in [0.2, 0.25) is 0 Å². The number of methoxy groups -OCH3 is 1. The number of phenols is 1. The van der Waals surface area contributed by atoms with Gasteiger partial charge in [0.15, 0.2) is 0 Å². The van der Waals surface area contributed by atoms with E-state index >= 15 is 0 Å². The lowest BCUT2D eigenvalue weighted by molar-refractivity contribution is 0.0721. The lowest BCUT2D eigenvalue weighted by Crippen LogP contribution is -2.30. The Morgan fingerprint density at radius 3 is 2.94 bits per heavy atom. The number of hydrogen-bond donors (Lipinski definition) is 1. The summed E-state index contributed by atoms with van der Waals surface area (Å²) >= 11 is 0. The number of likely N-dealkylation sites (tertiary alicyclic amines) is 1. The molecule has 1 aliphatic heterocycles. The number of rotatable bonds is 2. The van der Waals surface area contributed by atoms with Gasteiger partial charge >= 0.3 is 0 Å². The zero-order valence-electron chi connectivity index (χ0n) is 10.1. The highest BCUT2D eigenvalue weighted by atomic mass is 16.5. The van der Waals surface area contributed by atoms with Gasteiger partial charge in [0.25, 0.3) is 5.91 Å². The monoisotopic (exact) mass is 235 g/mol. The molecule has 1 fully saturated rings. The van der Waals surface area contributed by atoms with Gasteiger partial charge in [0.05, 0.1) is 11.7 Å². The highest BCUT2D eigenvalue weighted by Gasteiger charge is 2.28. The fraction of sp³-hybridized carbons (Fsp3) is 0.462. The second-order valence-corrected chi connectivity index (χ2v) is 4.37. The molecule has 1 amide bonds. The molecule has 0 spiro atoms. The molecular weight excluding hydrogens is 218 g/mol. The highest BCUT2D eigenvalue weighted by Crippen LogP contribution is 2.24. The lowest BCUT2D eigenvalue weighted by Gasteiger charge is -2.17. The van der Waals surface area contributed by atoms with Gasteiger partial charge in [0, 0.05) is 20.2 Å². The molecule has 0 radical (unpaired) electrons. The Kier molecular flexibility index (Phi) is 3.33. The number of phenolic OH excluding ortho intramolecular Hbond substituents is 1. The fourth-order valence-electron chi connectivity index (χ4n) is 2.11. The van der Waals surface area contributed by atoms with Gasteiger partial charge in [-0.2, -0.15) is 0 Å². The van der Waals surface area contributed by atoms with Gasteiger partial charge < -0.3 is 14.7 Å². The van der Waals surface area contributed by atoms with E-state index in [9.17, 15) is 9.90 Å². The summed E-state index contributed by atoms with van der Waals surface area (Å²) in [4.78, 5) is 13.9. The van der Waals surface area contributed by atoms with Crippen molar-refractivity contribution in [2.24, 2.45) is 0 Å². The number of nitrogens with zero attached hydrogens (tertiary/aromatic N) is 1. The molecule has 1 N–H and O–H groups in total. The first kappa shape index (κ1) is 11.9. The molecule has 1 aromatic rings. The van der Waals surface area contributed by atoms with E-state index in [2.05, 4.69) is 0 Å². The van der Waals surface area contributed by atoms with Crippen LogP contribution in [-0.2, 0) is 4.74 Å². The van der Waals surface area contributed by atoms with Gasteiger partial charge in [-0.05, 0) is 25.0 Å². The summed E-state index contributed by atoms with van der Waals surface area (Å²) in [5.74, 6) is -0.0379. The molecule has 0 aromatic heterocycles. The summed E-state index contributed by atoms with van der Waals surface area (Å²) in [7, 11) is 1.66. The highest BCUT2D eigenvalue weighted by molar-refractivity contribution is 5.97. The number of aryl methyl sites for hydroxylation is 1. The molecule has 4 heteroatoms. The molecule has 0 aliphatic carbocycles. The third-order valence-electron chi connectivity index (χ3n) is 3.23. The minimum Gasteiger partial charge on any atom is -0.507 e. The summed E-state index contributed by atoms with van der Waals surface area (Å²) in [6.07, 6.45) is 0.973. The SMILES string of the molecule is COC1CCN(C(=O)c2cccc(C)c2O)C1. The van der Waals surface area contributed by atoms with Crippen molar-refractivity contribution in [1.29, 1.82) is 0 Å². The molecular formula is C13H17NO3. The third kappa shape index (κ3) is 2.26. The van der Waals surface area contributed by atoms with Crippen LogP contribution in [-0.4, -0.2) is 42.2 Å². The minimum absolute atomic E-state index is 0.0818. The van der Waals surface area contributed by atoms with Crippen molar-refractivity contribution in [3.05, 3.63) is 29.3 Å². The number of amides is 1. The van der Waals surface area contributed by atoms with Crippen LogP contribution in [0.25, 0.3) is 0 Å². The molecule has 1 aliphatic rings. The van der Waals surface area contributed by atoms with Crippen LogP contribution in [0.15, 0.2) is 18.2 Å². The van der Waals surface area contributed by atoms with Gasteiger partial charge in [-0.25, -0.2) is 0 Å². The number of hydrogen-bond acceptors (Lipinski definition) is 3. The summed E-state index contributed by atoms with van der Waals surface area (Å²) in [6.45, 7) is 3.07. The quantitative estimate of drug-likeness (QED) is 0.846. The Morgan fingerprint density at radius 2 is 2.29 bits per heavy atom. The smallest absolute Gasteiger partial charge is 0.257 e. The van der Waals surface area contributed by atoms with Gasteiger partial charge in [-0.3, -0.25) is 4.79 Å². The predicted molar refractivity (Wildman–Crippen MR) is 64.2 cm³/mol. The van der Waals surface area contributed by atoms with Crippen LogP contribution in [0.1, 0.15) is 22.3 Å². The number of carbonyl (C=O) groups is 1. The standard InChI is InChI=1S/C13H17NO3/c1-9-4-3-5-11(12(9)15)13(16)14-7-6-10(8-14)17-2/h3-5,10,15H,6-8H2,1-2H3. The van der Waals surface area contributed by atoms with Crippen molar-refractivity contribution in [2.45, 2.75) is 19.4 Å². The Balaban J connectivity index is 2.18. The first-order chi connectivity index (χ1) is 8.13. The van der Waals surface area contributed by atoms with E-state index in [1.54, 1.807) is 37.1 Å². The first-order valence-electron chi connectivity index (χ1n) is 5.74. The molecule has 0 bridgehead atoms. The topological polar surface area (TPSA) is 49.8 Å². The third-order valence-corrected chi connectivity index (χ3v) is 3.23. The molecule has 92 valence electrons. The van der Waals surface area contributed by atoms with Crippen LogP contribution >= 0.6 is 0 Å². The van der Waals surface area contributed by atoms with Gasteiger partial charge in [-0.1, -0.05) is 12.1 Å². The van der Waals surface area contributed by atoms with Gasteiger partial charge in [0.1, 0.15) is 5.75 Å². The van der Waals surface area contributed by atoms with E-state index in [1.165, 1.54) is 0 Å². The van der Waals surface area contributed by atoms with Gasteiger partial charge in [-0.15, -0.1) is 0 Å². The lowest BCUT2D eigenvalue weighted by atomic mass is 10.1. The zero-order chi connectivity index (χ0) is 12.4. The summed E-state index contributed by atoms with van der Waals surface area (Å²) < 4.78 is 5.22. The van der Waals surface area contributed by atoms with Crippen LogP contribution < -0.4 is 0 Å².